The van der Waals surface area contributed by atoms with Gasteiger partial charge in [0.25, 0.3) is 0 Å². The lowest BCUT2D eigenvalue weighted by Gasteiger charge is -2.30. The van der Waals surface area contributed by atoms with Crippen molar-refractivity contribution in [3.05, 3.63) is 59.4 Å². The van der Waals surface area contributed by atoms with Crippen LogP contribution in [0.5, 0.6) is 0 Å². The van der Waals surface area contributed by atoms with Gasteiger partial charge in [0.15, 0.2) is 6.61 Å². The predicted octanol–water partition coefficient (Wildman–Crippen LogP) is 2.53. The fourth-order valence-electron chi connectivity index (χ4n) is 3.35. The molecule has 0 unspecified atom stereocenters. The number of Topliss-reactive ketones (excluding diaryl/α,β-unsaturated/α-hetero) is 1. The second kappa shape index (κ2) is 8.84. The molecule has 1 aromatic heterocycles. The molecule has 7 nitrogen and oxygen atoms in total. The summed E-state index contributed by atoms with van der Waals surface area (Å²) in [4.78, 5) is 28.7. The number of hydrogen-bond donors (Lipinski definition) is 0. The van der Waals surface area contributed by atoms with Gasteiger partial charge in [-0.25, -0.2) is 8.42 Å². The topological polar surface area (TPSA) is 93.6 Å². The summed E-state index contributed by atoms with van der Waals surface area (Å²) in [7, 11) is -3.62. The van der Waals surface area contributed by atoms with E-state index in [2.05, 4.69) is 4.98 Å². The molecule has 0 atom stereocenters. The molecule has 3 rings (SSSR count). The van der Waals surface area contributed by atoms with Gasteiger partial charge in [-0.05, 0) is 50.5 Å². The fraction of sp³-hybridized carbons (Fsp3) is 0.381. The fourth-order valence-corrected chi connectivity index (χ4v) is 4.78. The van der Waals surface area contributed by atoms with E-state index in [1.807, 2.05) is 26.0 Å². The Labute approximate surface area is 170 Å². The van der Waals surface area contributed by atoms with Gasteiger partial charge in [-0.15, -0.1) is 0 Å². The van der Waals surface area contributed by atoms with Crippen molar-refractivity contribution in [2.24, 2.45) is 5.92 Å². The minimum Gasteiger partial charge on any atom is -0.457 e. The van der Waals surface area contributed by atoms with Crippen molar-refractivity contribution in [1.82, 2.24) is 9.29 Å². The monoisotopic (exact) mass is 416 g/mol. The Hall–Kier alpha value is -2.58. The second-order valence-corrected chi connectivity index (χ2v) is 9.15. The third kappa shape index (κ3) is 4.89. The van der Waals surface area contributed by atoms with Crippen LogP contribution in [0.15, 0.2) is 47.6 Å². The number of esters is 1. The first-order valence-corrected chi connectivity index (χ1v) is 10.9. The molecule has 1 aliphatic rings. The number of ketones is 1. The predicted molar refractivity (Wildman–Crippen MR) is 107 cm³/mol. The van der Waals surface area contributed by atoms with Gasteiger partial charge in [0.2, 0.25) is 15.8 Å². The van der Waals surface area contributed by atoms with Crippen LogP contribution in [0.3, 0.4) is 0 Å². The maximum Gasteiger partial charge on any atom is 0.309 e. The Balaban J connectivity index is 1.54. The van der Waals surface area contributed by atoms with Crippen molar-refractivity contribution in [3.63, 3.8) is 0 Å². The van der Waals surface area contributed by atoms with Gasteiger partial charge in [0.1, 0.15) is 4.90 Å². The number of aromatic nitrogens is 1. The van der Waals surface area contributed by atoms with Crippen molar-refractivity contribution < 1.29 is 22.7 Å². The Bertz CT molecular complexity index is 997. The van der Waals surface area contributed by atoms with Gasteiger partial charge in [-0.2, -0.15) is 4.31 Å². The molecule has 0 aliphatic carbocycles. The number of pyridine rings is 1. The number of nitrogens with zero attached hydrogens (tertiary/aromatic N) is 2. The van der Waals surface area contributed by atoms with Crippen LogP contribution in [0.4, 0.5) is 0 Å². The highest BCUT2D eigenvalue weighted by atomic mass is 32.2. The van der Waals surface area contributed by atoms with Crippen LogP contribution in [0.2, 0.25) is 0 Å². The van der Waals surface area contributed by atoms with Crippen LogP contribution < -0.4 is 0 Å². The lowest BCUT2D eigenvalue weighted by molar-refractivity contribution is -0.148. The molecule has 0 saturated carbocycles. The lowest BCUT2D eigenvalue weighted by atomic mass is 9.98. The molecular weight excluding hydrogens is 392 g/mol. The molecule has 0 amide bonds. The zero-order valence-electron chi connectivity index (χ0n) is 16.5. The normalized spacial score (nSPS) is 15.8. The number of sulfonamides is 1. The van der Waals surface area contributed by atoms with Crippen LogP contribution in [-0.4, -0.2) is 49.2 Å². The number of carbonyl (C=O) groups excluding carboxylic acids is 2. The molecule has 1 saturated heterocycles. The number of rotatable bonds is 6. The van der Waals surface area contributed by atoms with Crippen LogP contribution in [0.1, 0.15) is 34.3 Å². The minimum absolute atomic E-state index is 0.139. The molecule has 1 aliphatic heterocycles. The molecular formula is C21H24N2O5S. The van der Waals surface area contributed by atoms with E-state index in [4.69, 9.17) is 4.74 Å². The van der Waals surface area contributed by atoms with Crippen molar-refractivity contribution in [2.75, 3.05) is 19.7 Å². The molecule has 2 aromatic rings. The number of aryl methyl sites for hydroxylation is 2. The van der Waals surface area contributed by atoms with E-state index in [0.717, 1.165) is 11.1 Å². The van der Waals surface area contributed by atoms with Crippen LogP contribution in [0, 0.1) is 19.8 Å². The SMILES string of the molecule is Cc1ccc(C)c(C(=O)COC(=O)C2CCN(S(=O)(=O)c3cccnc3)CC2)c1. The summed E-state index contributed by atoms with van der Waals surface area (Å²) in [6, 6.07) is 8.65. The number of piperidine rings is 1. The number of hydrogen-bond acceptors (Lipinski definition) is 6. The average Bonchev–Trinajstić information content (AvgIpc) is 2.74. The van der Waals surface area contributed by atoms with Crippen molar-refractivity contribution >= 4 is 21.8 Å². The average molecular weight is 416 g/mol. The molecule has 0 spiro atoms. The highest BCUT2D eigenvalue weighted by Gasteiger charge is 2.33. The third-order valence-electron chi connectivity index (χ3n) is 5.10. The summed E-state index contributed by atoms with van der Waals surface area (Å²) in [5.41, 5.74) is 2.35. The lowest BCUT2D eigenvalue weighted by Crippen LogP contribution is -2.40. The maximum atomic E-state index is 12.6. The van der Waals surface area contributed by atoms with Crippen molar-refractivity contribution in [2.45, 2.75) is 31.6 Å². The van der Waals surface area contributed by atoms with E-state index in [-0.39, 0.29) is 30.4 Å². The van der Waals surface area contributed by atoms with Gasteiger partial charge >= 0.3 is 5.97 Å². The molecule has 2 heterocycles. The number of ether oxygens (including phenoxy) is 1. The molecule has 0 bridgehead atoms. The van der Waals surface area contributed by atoms with Crippen LogP contribution >= 0.6 is 0 Å². The van der Waals surface area contributed by atoms with Crippen LogP contribution in [-0.2, 0) is 19.6 Å². The Morgan fingerprint density at radius 2 is 1.90 bits per heavy atom. The van der Waals surface area contributed by atoms with Crippen LogP contribution in [0.25, 0.3) is 0 Å². The molecule has 0 N–H and O–H groups in total. The highest BCUT2D eigenvalue weighted by Crippen LogP contribution is 2.24. The zero-order valence-corrected chi connectivity index (χ0v) is 17.3. The minimum atomic E-state index is -3.62. The first kappa shape index (κ1) is 21.1. The highest BCUT2D eigenvalue weighted by molar-refractivity contribution is 7.89. The number of carbonyl (C=O) groups is 2. The van der Waals surface area contributed by atoms with Crippen molar-refractivity contribution in [1.29, 1.82) is 0 Å². The largest absolute Gasteiger partial charge is 0.457 e. The summed E-state index contributed by atoms with van der Waals surface area (Å²) in [5.74, 6) is -1.11. The number of benzene rings is 1. The smallest absolute Gasteiger partial charge is 0.309 e. The quantitative estimate of drug-likeness (QED) is 0.531. The second-order valence-electron chi connectivity index (χ2n) is 7.22. The zero-order chi connectivity index (χ0) is 21.0. The van der Waals surface area contributed by atoms with Gasteiger partial charge in [-0.3, -0.25) is 14.6 Å². The van der Waals surface area contributed by atoms with E-state index in [0.29, 0.717) is 18.4 Å². The summed E-state index contributed by atoms with van der Waals surface area (Å²) >= 11 is 0. The molecule has 8 heteroatoms. The van der Waals surface area contributed by atoms with Crippen molar-refractivity contribution in [3.8, 4) is 0 Å². The first-order valence-electron chi connectivity index (χ1n) is 9.46. The van der Waals surface area contributed by atoms with E-state index in [1.54, 1.807) is 12.1 Å². The van der Waals surface area contributed by atoms with E-state index >= 15 is 0 Å². The molecule has 1 aromatic carbocycles. The maximum absolute atomic E-state index is 12.6. The van der Waals surface area contributed by atoms with Gasteiger partial charge in [0.05, 0.1) is 5.92 Å². The van der Waals surface area contributed by atoms with E-state index < -0.39 is 21.9 Å². The summed E-state index contributed by atoms with van der Waals surface area (Å²) < 4.78 is 31.8. The Kier molecular flexibility index (Phi) is 6.44. The molecule has 0 radical (unpaired) electrons. The first-order chi connectivity index (χ1) is 13.8. The Morgan fingerprint density at radius 3 is 2.55 bits per heavy atom. The summed E-state index contributed by atoms with van der Waals surface area (Å²) in [6.45, 7) is 3.88. The molecule has 1 fully saturated rings. The van der Waals surface area contributed by atoms with Gasteiger partial charge in [-0.1, -0.05) is 17.7 Å². The Morgan fingerprint density at radius 1 is 1.17 bits per heavy atom. The van der Waals surface area contributed by atoms with E-state index in [1.165, 1.54) is 22.8 Å². The van der Waals surface area contributed by atoms with Gasteiger partial charge < -0.3 is 4.74 Å². The van der Waals surface area contributed by atoms with Gasteiger partial charge in [0, 0.05) is 31.0 Å². The summed E-state index contributed by atoms with van der Waals surface area (Å²) in [5, 5.41) is 0. The molecule has 29 heavy (non-hydrogen) atoms. The summed E-state index contributed by atoms with van der Waals surface area (Å²) in [6.07, 6.45) is 3.54. The standard InChI is InChI=1S/C21H24N2O5S/c1-15-5-6-16(2)19(12-15)20(24)14-28-21(25)17-7-10-23(11-8-17)29(26,27)18-4-3-9-22-13-18/h3-6,9,12-13,17H,7-8,10-11,14H2,1-2H3. The molecule has 154 valence electrons. The van der Waals surface area contributed by atoms with E-state index in [9.17, 15) is 18.0 Å². The third-order valence-corrected chi connectivity index (χ3v) is 6.98.